The summed E-state index contributed by atoms with van der Waals surface area (Å²) < 4.78 is 0. The number of nitrogens with zero attached hydrogens (tertiary/aromatic N) is 2. The zero-order chi connectivity index (χ0) is 13.0. The summed E-state index contributed by atoms with van der Waals surface area (Å²) >= 11 is 0. The normalized spacial score (nSPS) is 12.3. The van der Waals surface area contributed by atoms with Gasteiger partial charge in [0.25, 0.3) is 5.91 Å². The molecule has 0 radical (unpaired) electrons. The van der Waals surface area contributed by atoms with Crippen LogP contribution in [-0.2, 0) is 0 Å². The third kappa shape index (κ3) is 2.81. The number of carbonyl (C=O) groups excluding carboxylic acids is 1. The number of nitrogens with two attached hydrogens (primary N) is 1. The third-order valence-corrected chi connectivity index (χ3v) is 2.74. The first-order valence-electron chi connectivity index (χ1n) is 5.89. The van der Waals surface area contributed by atoms with Crippen molar-refractivity contribution in [3.8, 4) is 0 Å². The van der Waals surface area contributed by atoms with Gasteiger partial charge in [-0.25, -0.2) is 0 Å². The van der Waals surface area contributed by atoms with Gasteiger partial charge in [0.05, 0.1) is 11.0 Å². The van der Waals surface area contributed by atoms with Crippen LogP contribution in [0, 0.1) is 5.92 Å². The second kappa shape index (κ2) is 5.55. The number of aromatic nitrogens is 2. The first-order chi connectivity index (χ1) is 8.70. The van der Waals surface area contributed by atoms with E-state index in [1.165, 1.54) is 0 Å². The molecule has 0 aliphatic carbocycles. The standard InChI is InChI=1S/C13H16N4O/c1-9(7-14)8-17-13(18)10-2-3-11-12(6-10)16-5-4-15-11/h2-6,9H,7-8,14H2,1H3,(H,17,18). The van der Waals surface area contributed by atoms with Crippen LogP contribution in [0.1, 0.15) is 17.3 Å². The van der Waals surface area contributed by atoms with E-state index < -0.39 is 0 Å². The molecule has 1 amide bonds. The number of amides is 1. The van der Waals surface area contributed by atoms with E-state index in [0.29, 0.717) is 18.7 Å². The van der Waals surface area contributed by atoms with Crippen molar-refractivity contribution in [3.05, 3.63) is 36.2 Å². The van der Waals surface area contributed by atoms with Crippen molar-refractivity contribution in [2.75, 3.05) is 13.1 Å². The second-order valence-corrected chi connectivity index (χ2v) is 4.31. The number of hydrogen-bond acceptors (Lipinski definition) is 4. The Morgan fingerprint density at radius 3 is 2.78 bits per heavy atom. The van der Waals surface area contributed by atoms with Crippen LogP contribution in [0.15, 0.2) is 30.6 Å². The number of hydrogen-bond donors (Lipinski definition) is 2. The van der Waals surface area contributed by atoms with Crippen molar-refractivity contribution in [2.45, 2.75) is 6.92 Å². The largest absolute Gasteiger partial charge is 0.352 e. The zero-order valence-electron chi connectivity index (χ0n) is 10.3. The number of rotatable bonds is 4. The van der Waals surface area contributed by atoms with Crippen molar-refractivity contribution in [1.82, 2.24) is 15.3 Å². The summed E-state index contributed by atoms with van der Waals surface area (Å²) in [6.07, 6.45) is 3.24. The first kappa shape index (κ1) is 12.4. The average molecular weight is 244 g/mol. The van der Waals surface area contributed by atoms with Gasteiger partial charge in [0.15, 0.2) is 0 Å². The zero-order valence-corrected chi connectivity index (χ0v) is 10.3. The highest BCUT2D eigenvalue weighted by Crippen LogP contribution is 2.10. The molecule has 1 aromatic heterocycles. The van der Waals surface area contributed by atoms with Gasteiger partial charge in [-0.15, -0.1) is 0 Å². The Kier molecular flexibility index (Phi) is 3.84. The number of carbonyl (C=O) groups is 1. The van der Waals surface area contributed by atoms with Crippen LogP contribution < -0.4 is 11.1 Å². The predicted molar refractivity (Wildman–Crippen MR) is 70.1 cm³/mol. The maximum Gasteiger partial charge on any atom is 0.251 e. The van der Waals surface area contributed by atoms with Crippen LogP contribution in [0.2, 0.25) is 0 Å². The van der Waals surface area contributed by atoms with Gasteiger partial charge in [-0.3, -0.25) is 14.8 Å². The minimum Gasteiger partial charge on any atom is -0.352 e. The molecule has 0 saturated carbocycles. The smallest absolute Gasteiger partial charge is 0.251 e. The minimum absolute atomic E-state index is 0.108. The molecule has 0 spiro atoms. The fourth-order valence-electron chi connectivity index (χ4n) is 1.56. The van der Waals surface area contributed by atoms with Gasteiger partial charge >= 0.3 is 0 Å². The molecule has 94 valence electrons. The van der Waals surface area contributed by atoms with E-state index in [1.807, 2.05) is 6.92 Å². The minimum atomic E-state index is -0.108. The summed E-state index contributed by atoms with van der Waals surface area (Å²) in [5, 5.41) is 2.85. The number of nitrogens with one attached hydrogen (secondary N) is 1. The molecule has 2 rings (SSSR count). The van der Waals surface area contributed by atoms with Crippen LogP contribution in [-0.4, -0.2) is 29.0 Å². The fourth-order valence-corrected chi connectivity index (χ4v) is 1.56. The topological polar surface area (TPSA) is 80.9 Å². The molecule has 2 aromatic rings. The molecule has 1 heterocycles. The van der Waals surface area contributed by atoms with E-state index in [2.05, 4.69) is 15.3 Å². The van der Waals surface area contributed by atoms with Crippen LogP contribution in [0.5, 0.6) is 0 Å². The van der Waals surface area contributed by atoms with Crippen molar-refractivity contribution in [2.24, 2.45) is 11.7 Å². The molecule has 1 unspecified atom stereocenters. The molecular formula is C13H16N4O. The molecule has 0 aliphatic rings. The lowest BCUT2D eigenvalue weighted by Gasteiger charge is -2.10. The Balaban J connectivity index is 2.13. The molecular weight excluding hydrogens is 228 g/mol. The molecule has 18 heavy (non-hydrogen) atoms. The third-order valence-electron chi connectivity index (χ3n) is 2.74. The average Bonchev–Trinajstić information content (AvgIpc) is 2.43. The molecule has 5 nitrogen and oxygen atoms in total. The molecule has 5 heteroatoms. The van der Waals surface area contributed by atoms with Crippen LogP contribution >= 0.6 is 0 Å². The summed E-state index contributed by atoms with van der Waals surface area (Å²) in [5.41, 5.74) is 7.59. The maximum absolute atomic E-state index is 11.9. The molecule has 0 fully saturated rings. The second-order valence-electron chi connectivity index (χ2n) is 4.31. The van der Waals surface area contributed by atoms with Crippen molar-refractivity contribution < 1.29 is 4.79 Å². The molecule has 1 aromatic carbocycles. The van der Waals surface area contributed by atoms with Crippen LogP contribution in [0.3, 0.4) is 0 Å². The quantitative estimate of drug-likeness (QED) is 0.839. The summed E-state index contributed by atoms with van der Waals surface area (Å²) in [4.78, 5) is 20.2. The molecule has 0 bridgehead atoms. The highest BCUT2D eigenvalue weighted by Gasteiger charge is 2.08. The number of benzene rings is 1. The number of fused-ring (bicyclic) bond motifs is 1. The fraction of sp³-hybridized carbons (Fsp3) is 0.308. The van der Waals surface area contributed by atoms with E-state index in [1.54, 1.807) is 30.6 Å². The van der Waals surface area contributed by atoms with Gasteiger partial charge in [0.2, 0.25) is 0 Å². The van der Waals surface area contributed by atoms with E-state index in [-0.39, 0.29) is 11.8 Å². The van der Waals surface area contributed by atoms with E-state index >= 15 is 0 Å². The summed E-state index contributed by atoms with van der Waals surface area (Å²) in [6, 6.07) is 5.29. The van der Waals surface area contributed by atoms with Gasteiger partial charge in [-0.05, 0) is 30.7 Å². The highest BCUT2D eigenvalue weighted by atomic mass is 16.1. The lowest BCUT2D eigenvalue weighted by molar-refractivity contribution is 0.0948. The Hall–Kier alpha value is -2.01. The van der Waals surface area contributed by atoms with Gasteiger partial charge in [-0.2, -0.15) is 0 Å². The molecule has 1 atom stereocenters. The van der Waals surface area contributed by atoms with E-state index in [4.69, 9.17) is 5.73 Å². The van der Waals surface area contributed by atoms with Crippen molar-refractivity contribution in [3.63, 3.8) is 0 Å². The molecule has 3 N–H and O–H groups in total. The predicted octanol–water partition coefficient (Wildman–Crippen LogP) is 0.954. The van der Waals surface area contributed by atoms with E-state index in [9.17, 15) is 4.79 Å². The SMILES string of the molecule is CC(CN)CNC(=O)c1ccc2nccnc2c1. The molecule has 0 saturated heterocycles. The Labute approximate surface area is 105 Å². The lowest BCUT2D eigenvalue weighted by Crippen LogP contribution is -2.31. The Morgan fingerprint density at radius 2 is 2.06 bits per heavy atom. The van der Waals surface area contributed by atoms with Crippen LogP contribution in [0.25, 0.3) is 11.0 Å². The van der Waals surface area contributed by atoms with Gasteiger partial charge < -0.3 is 11.1 Å². The molecule has 0 aliphatic heterocycles. The summed E-state index contributed by atoms with van der Waals surface area (Å²) in [7, 11) is 0. The highest BCUT2D eigenvalue weighted by molar-refractivity contribution is 5.97. The lowest BCUT2D eigenvalue weighted by atomic mass is 10.1. The van der Waals surface area contributed by atoms with Crippen molar-refractivity contribution in [1.29, 1.82) is 0 Å². The maximum atomic E-state index is 11.9. The van der Waals surface area contributed by atoms with Crippen molar-refractivity contribution >= 4 is 16.9 Å². The Morgan fingerprint density at radius 1 is 1.33 bits per heavy atom. The van der Waals surface area contributed by atoms with Gasteiger partial charge in [-0.1, -0.05) is 6.92 Å². The monoisotopic (exact) mass is 244 g/mol. The summed E-state index contributed by atoms with van der Waals surface area (Å²) in [5.74, 6) is 0.164. The van der Waals surface area contributed by atoms with E-state index in [0.717, 1.165) is 11.0 Å². The van der Waals surface area contributed by atoms with Crippen LogP contribution in [0.4, 0.5) is 0 Å². The van der Waals surface area contributed by atoms with Gasteiger partial charge in [0, 0.05) is 24.5 Å². The first-order valence-corrected chi connectivity index (χ1v) is 5.89. The Bertz CT molecular complexity index is 555. The summed E-state index contributed by atoms with van der Waals surface area (Å²) in [6.45, 7) is 3.13. The van der Waals surface area contributed by atoms with Gasteiger partial charge in [0.1, 0.15) is 0 Å².